The van der Waals surface area contributed by atoms with Crippen LogP contribution in [0.3, 0.4) is 0 Å². The number of piperidine rings is 1. The van der Waals surface area contributed by atoms with Crippen molar-refractivity contribution in [2.45, 2.75) is 51.5 Å². The largest absolute Gasteiger partial charge is 0.339 e. The van der Waals surface area contributed by atoms with E-state index in [0.29, 0.717) is 17.9 Å². The third kappa shape index (κ3) is 3.77. The van der Waals surface area contributed by atoms with Gasteiger partial charge in [-0.3, -0.25) is 9.48 Å². The van der Waals surface area contributed by atoms with Crippen molar-refractivity contribution < 1.29 is 4.79 Å². The zero-order valence-electron chi connectivity index (χ0n) is 15.1. The minimum atomic E-state index is 0. The fourth-order valence-electron chi connectivity index (χ4n) is 4.23. The van der Waals surface area contributed by atoms with Crippen molar-refractivity contribution in [3.05, 3.63) is 18.0 Å². The Bertz CT molecular complexity index is 547. The van der Waals surface area contributed by atoms with E-state index in [0.717, 1.165) is 32.5 Å². The van der Waals surface area contributed by atoms with E-state index in [2.05, 4.69) is 35.4 Å². The third-order valence-corrected chi connectivity index (χ3v) is 5.82. The van der Waals surface area contributed by atoms with Crippen LogP contribution in [0.15, 0.2) is 12.4 Å². The lowest BCUT2D eigenvalue weighted by Gasteiger charge is -2.41. The predicted molar refractivity (Wildman–Crippen MR) is 98.4 cm³/mol. The summed E-state index contributed by atoms with van der Waals surface area (Å²) in [6.07, 6.45) is 8.69. The average molecular weight is 355 g/mol. The molecule has 6 heteroatoms. The summed E-state index contributed by atoms with van der Waals surface area (Å²) in [6.45, 7) is 7.13. The number of aryl methyl sites for hydroxylation is 1. The van der Waals surface area contributed by atoms with Crippen molar-refractivity contribution in [1.82, 2.24) is 20.0 Å². The molecule has 3 rings (SSSR count). The normalized spacial score (nSPS) is 28.5. The molecule has 1 aromatic heterocycles. The Morgan fingerprint density at radius 3 is 2.88 bits per heavy atom. The molecule has 136 valence electrons. The molecule has 0 spiro atoms. The molecule has 2 saturated heterocycles. The first-order valence-electron chi connectivity index (χ1n) is 9.11. The van der Waals surface area contributed by atoms with Gasteiger partial charge in [-0.15, -0.1) is 12.4 Å². The number of rotatable bonds is 4. The Morgan fingerprint density at radius 2 is 2.21 bits per heavy atom. The van der Waals surface area contributed by atoms with Crippen LogP contribution in [0, 0.1) is 11.8 Å². The first kappa shape index (κ1) is 19.3. The number of amides is 1. The van der Waals surface area contributed by atoms with Gasteiger partial charge in [0.25, 0.3) is 0 Å². The van der Waals surface area contributed by atoms with Crippen LogP contribution in [-0.2, 0) is 11.8 Å². The number of halogens is 1. The smallest absolute Gasteiger partial charge is 0.227 e. The van der Waals surface area contributed by atoms with E-state index in [-0.39, 0.29) is 24.2 Å². The number of hydrogen-bond donors (Lipinski definition) is 1. The topological polar surface area (TPSA) is 50.2 Å². The second-order valence-electron chi connectivity index (χ2n) is 7.30. The minimum Gasteiger partial charge on any atom is -0.339 e. The summed E-state index contributed by atoms with van der Waals surface area (Å²) >= 11 is 0. The summed E-state index contributed by atoms with van der Waals surface area (Å²) in [5, 5.41) is 7.71. The summed E-state index contributed by atoms with van der Waals surface area (Å²) in [6, 6.07) is 0.427. The van der Waals surface area contributed by atoms with Gasteiger partial charge in [-0.2, -0.15) is 5.10 Å². The zero-order valence-corrected chi connectivity index (χ0v) is 15.9. The molecule has 3 heterocycles. The average Bonchev–Trinajstić information content (AvgIpc) is 3.22. The first-order valence-corrected chi connectivity index (χ1v) is 9.11. The van der Waals surface area contributed by atoms with E-state index in [1.807, 2.05) is 17.9 Å². The van der Waals surface area contributed by atoms with Crippen molar-refractivity contribution in [2.24, 2.45) is 18.9 Å². The van der Waals surface area contributed by atoms with Crippen molar-refractivity contribution in [2.75, 3.05) is 19.6 Å². The molecule has 2 aliphatic heterocycles. The molecule has 1 amide bonds. The monoisotopic (exact) mass is 354 g/mol. The van der Waals surface area contributed by atoms with Crippen molar-refractivity contribution in [3.8, 4) is 0 Å². The molecule has 2 aliphatic rings. The second kappa shape index (κ2) is 8.34. The maximum Gasteiger partial charge on any atom is 0.227 e. The minimum absolute atomic E-state index is 0. The number of carbonyl (C=O) groups is 1. The van der Waals surface area contributed by atoms with E-state index >= 15 is 0 Å². The van der Waals surface area contributed by atoms with Gasteiger partial charge in [0.1, 0.15) is 0 Å². The summed E-state index contributed by atoms with van der Waals surface area (Å²) in [5.41, 5.74) is 1.19. The molecular formula is C18H31ClN4O. The molecule has 24 heavy (non-hydrogen) atoms. The van der Waals surface area contributed by atoms with Crippen molar-refractivity contribution in [1.29, 1.82) is 0 Å². The van der Waals surface area contributed by atoms with Gasteiger partial charge in [-0.25, -0.2) is 0 Å². The van der Waals surface area contributed by atoms with Gasteiger partial charge in [0, 0.05) is 44.8 Å². The lowest BCUT2D eigenvalue weighted by Crippen LogP contribution is -2.50. The van der Waals surface area contributed by atoms with Crippen molar-refractivity contribution in [3.63, 3.8) is 0 Å². The quantitative estimate of drug-likeness (QED) is 0.904. The van der Waals surface area contributed by atoms with Crippen LogP contribution < -0.4 is 5.32 Å². The van der Waals surface area contributed by atoms with Crippen LogP contribution in [0.25, 0.3) is 0 Å². The van der Waals surface area contributed by atoms with Gasteiger partial charge in [-0.05, 0) is 30.7 Å². The van der Waals surface area contributed by atoms with E-state index in [1.54, 1.807) is 0 Å². The Labute approximate surface area is 151 Å². The van der Waals surface area contributed by atoms with Crippen LogP contribution >= 0.6 is 12.4 Å². The fourth-order valence-corrected chi connectivity index (χ4v) is 4.23. The summed E-state index contributed by atoms with van der Waals surface area (Å²) in [5.74, 6) is 1.26. The number of carbonyl (C=O) groups excluding carboxylic acids is 1. The first-order chi connectivity index (χ1) is 11.1. The standard InChI is InChI=1S/C18H30N4O.ClH/c1-4-13(2)17-7-5-6-8-22(17)18(23)16-11-19-10-15(16)14-9-20-21(3)12-14;/h9,12-13,15-17,19H,4-8,10-11H2,1-3H3;1H/t13?,15-,16+,17?;/m1./s1. The summed E-state index contributed by atoms with van der Waals surface area (Å²) in [4.78, 5) is 15.5. The molecule has 0 aliphatic carbocycles. The lowest BCUT2D eigenvalue weighted by atomic mass is 9.85. The molecule has 0 bridgehead atoms. The molecular weight excluding hydrogens is 324 g/mol. The lowest BCUT2D eigenvalue weighted by molar-refractivity contribution is -0.140. The maximum atomic E-state index is 13.3. The highest BCUT2D eigenvalue weighted by Crippen LogP contribution is 2.33. The van der Waals surface area contributed by atoms with Crippen molar-refractivity contribution >= 4 is 18.3 Å². The fraction of sp³-hybridized carbons (Fsp3) is 0.778. The molecule has 0 aromatic carbocycles. The second-order valence-corrected chi connectivity index (χ2v) is 7.30. The zero-order chi connectivity index (χ0) is 16.4. The highest BCUT2D eigenvalue weighted by atomic mass is 35.5. The molecule has 4 atom stereocenters. The Kier molecular flexibility index (Phi) is 6.70. The highest BCUT2D eigenvalue weighted by Gasteiger charge is 2.40. The Morgan fingerprint density at radius 1 is 1.42 bits per heavy atom. The van der Waals surface area contributed by atoms with E-state index in [1.165, 1.54) is 18.4 Å². The van der Waals surface area contributed by atoms with E-state index in [9.17, 15) is 4.79 Å². The molecule has 2 unspecified atom stereocenters. The van der Waals surface area contributed by atoms with Gasteiger partial charge in [0.05, 0.1) is 12.1 Å². The molecule has 0 saturated carbocycles. The summed E-state index contributed by atoms with van der Waals surface area (Å²) in [7, 11) is 1.94. The number of likely N-dealkylation sites (tertiary alicyclic amines) is 1. The van der Waals surface area contributed by atoms with E-state index in [4.69, 9.17) is 0 Å². The van der Waals surface area contributed by atoms with Crippen LogP contribution in [0.2, 0.25) is 0 Å². The number of hydrogen-bond acceptors (Lipinski definition) is 3. The van der Waals surface area contributed by atoms with Gasteiger partial charge < -0.3 is 10.2 Å². The third-order valence-electron chi connectivity index (χ3n) is 5.82. The molecule has 1 N–H and O–H groups in total. The van der Waals surface area contributed by atoms with Crippen LogP contribution in [0.5, 0.6) is 0 Å². The van der Waals surface area contributed by atoms with E-state index < -0.39 is 0 Å². The summed E-state index contributed by atoms with van der Waals surface area (Å²) < 4.78 is 1.83. The predicted octanol–water partition coefficient (Wildman–Crippen LogP) is 2.57. The van der Waals surface area contributed by atoms with Gasteiger partial charge in [-0.1, -0.05) is 20.3 Å². The van der Waals surface area contributed by atoms with Crippen LogP contribution in [0.1, 0.15) is 51.0 Å². The Balaban J connectivity index is 0.00000208. The SMILES string of the molecule is CCC(C)C1CCCCN1C(=O)[C@H]1CNC[C@@H]1c1cnn(C)c1.Cl. The van der Waals surface area contributed by atoms with Crippen LogP contribution in [0.4, 0.5) is 0 Å². The van der Waals surface area contributed by atoms with Gasteiger partial charge >= 0.3 is 0 Å². The van der Waals surface area contributed by atoms with Gasteiger partial charge in [0.15, 0.2) is 0 Å². The molecule has 1 aromatic rings. The number of nitrogens with one attached hydrogen (secondary N) is 1. The number of aromatic nitrogens is 2. The Hall–Kier alpha value is -1.07. The molecule has 2 fully saturated rings. The molecule has 5 nitrogen and oxygen atoms in total. The van der Waals surface area contributed by atoms with Crippen LogP contribution in [-0.4, -0.2) is 46.3 Å². The molecule has 0 radical (unpaired) electrons. The maximum absolute atomic E-state index is 13.3. The highest BCUT2D eigenvalue weighted by molar-refractivity contribution is 5.85. The number of nitrogens with zero attached hydrogens (tertiary/aromatic N) is 3. The van der Waals surface area contributed by atoms with Gasteiger partial charge in [0.2, 0.25) is 5.91 Å².